The van der Waals surface area contributed by atoms with Gasteiger partial charge in [0.25, 0.3) is 5.91 Å². The SMILES string of the molecule is C[C@@H](NC(=O)c1ccc(Cl)cc1Cl)c1cc2ccccc2o1. The van der Waals surface area contributed by atoms with Crippen LogP contribution in [0.15, 0.2) is 52.9 Å². The minimum atomic E-state index is -0.272. The third-order valence-electron chi connectivity index (χ3n) is 3.39. The molecule has 22 heavy (non-hydrogen) atoms. The predicted octanol–water partition coefficient (Wildman–Crippen LogP) is 5.23. The topological polar surface area (TPSA) is 42.2 Å². The summed E-state index contributed by atoms with van der Waals surface area (Å²) in [5.41, 5.74) is 1.18. The lowest BCUT2D eigenvalue weighted by atomic mass is 10.1. The molecule has 0 spiro atoms. The molecule has 1 aromatic heterocycles. The first-order chi connectivity index (χ1) is 10.5. The standard InChI is InChI=1S/C17H13Cl2NO2/c1-10(16-8-11-4-2-3-5-15(11)22-16)20-17(21)13-7-6-12(18)9-14(13)19/h2-10H,1H3,(H,20,21)/t10-/m1/s1. The number of benzene rings is 2. The highest BCUT2D eigenvalue weighted by atomic mass is 35.5. The molecule has 3 nitrogen and oxygen atoms in total. The Kier molecular flexibility index (Phi) is 4.10. The zero-order valence-electron chi connectivity index (χ0n) is 11.8. The van der Waals surface area contributed by atoms with Gasteiger partial charge in [0.05, 0.1) is 16.6 Å². The maximum Gasteiger partial charge on any atom is 0.253 e. The molecular weight excluding hydrogens is 321 g/mol. The molecule has 3 rings (SSSR count). The molecule has 2 aromatic carbocycles. The minimum absolute atomic E-state index is 0.269. The van der Waals surface area contributed by atoms with Crippen LogP contribution in [0.1, 0.15) is 29.1 Å². The fraction of sp³-hybridized carbons (Fsp3) is 0.118. The fourth-order valence-corrected chi connectivity index (χ4v) is 2.73. The Bertz CT molecular complexity index is 809. The van der Waals surface area contributed by atoms with E-state index in [2.05, 4.69) is 5.32 Å². The van der Waals surface area contributed by atoms with E-state index in [4.69, 9.17) is 27.6 Å². The molecule has 1 amide bonds. The fourth-order valence-electron chi connectivity index (χ4n) is 2.23. The summed E-state index contributed by atoms with van der Waals surface area (Å²) in [4.78, 5) is 12.3. The third kappa shape index (κ3) is 2.96. The summed E-state index contributed by atoms with van der Waals surface area (Å²) < 4.78 is 5.75. The number of carbonyl (C=O) groups is 1. The number of furan rings is 1. The van der Waals surface area contributed by atoms with Gasteiger partial charge in [-0.15, -0.1) is 0 Å². The van der Waals surface area contributed by atoms with Gasteiger partial charge in [0, 0.05) is 10.4 Å². The molecule has 0 aliphatic rings. The van der Waals surface area contributed by atoms with E-state index < -0.39 is 0 Å². The third-order valence-corrected chi connectivity index (χ3v) is 3.94. The molecule has 1 N–H and O–H groups in total. The van der Waals surface area contributed by atoms with Crippen LogP contribution in [0, 0.1) is 0 Å². The van der Waals surface area contributed by atoms with E-state index in [9.17, 15) is 4.79 Å². The number of hydrogen-bond donors (Lipinski definition) is 1. The Labute approximate surface area is 137 Å². The van der Waals surface area contributed by atoms with E-state index in [0.29, 0.717) is 21.4 Å². The largest absolute Gasteiger partial charge is 0.459 e. The predicted molar refractivity (Wildman–Crippen MR) is 88.6 cm³/mol. The number of fused-ring (bicyclic) bond motifs is 1. The summed E-state index contributed by atoms with van der Waals surface area (Å²) in [5.74, 6) is 0.425. The van der Waals surface area contributed by atoms with Crippen molar-refractivity contribution in [1.82, 2.24) is 5.32 Å². The Morgan fingerprint density at radius 3 is 2.64 bits per heavy atom. The highest BCUT2D eigenvalue weighted by Crippen LogP contribution is 2.25. The van der Waals surface area contributed by atoms with E-state index >= 15 is 0 Å². The molecule has 0 fully saturated rings. The van der Waals surface area contributed by atoms with Crippen LogP contribution in [0.25, 0.3) is 11.0 Å². The summed E-state index contributed by atoms with van der Waals surface area (Å²) in [6, 6.07) is 14.1. The number of rotatable bonds is 3. The molecule has 0 saturated carbocycles. The van der Waals surface area contributed by atoms with Gasteiger partial charge in [-0.3, -0.25) is 4.79 Å². The monoisotopic (exact) mass is 333 g/mol. The van der Waals surface area contributed by atoms with Gasteiger partial charge in [-0.2, -0.15) is 0 Å². The maximum atomic E-state index is 12.3. The molecule has 0 unspecified atom stereocenters. The highest BCUT2D eigenvalue weighted by molar-refractivity contribution is 6.36. The van der Waals surface area contributed by atoms with Crippen molar-refractivity contribution >= 4 is 40.1 Å². The lowest BCUT2D eigenvalue weighted by molar-refractivity contribution is 0.0936. The Balaban J connectivity index is 1.81. The molecule has 0 aliphatic heterocycles. The Hall–Kier alpha value is -1.97. The van der Waals surface area contributed by atoms with Crippen molar-refractivity contribution < 1.29 is 9.21 Å². The highest BCUT2D eigenvalue weighted by Gasteiger charge is 2.17. The number of halogens is 2. The zero-order chi connectivity index (χ0) is 15.7. The van der Waals surface area contributed by atoms with E-state index in [-0.39, 0.29) is 11.9 Å². The molecule has 1 heterocycles. The maximum absolute atomic E-state index is 12.3. The quantitative estimate of drug-likeness (QED) is 0.712. The molecule has 1 atom stereocenters. The molecule has 0 saturated heterocycles. The first-order valence-electron chi connectivity index (χ1n) is 6.79. The molecular formula is C17H13Cl2NO2. The van der Waals surface area contributed by atoms with Crippen LogP contribution in [0.5, 0.6) is 0 Å². The van der Waals surface area contributed by atoms with Crippen molar-refractivity contribution in [3.05, 3.63) is 69.9 Å². The smallest absolute Gasteiger partial charge is 0.253 e. The summed E-state index contributed by atoms with van der Waals surface area (Å²) in [6.45, 7) is 1.86. The van der Waals surface area contributed by atoms with Crippen molar-refractivity contribution in [2.45, 2.75) is 13.0 Å². The van der Waals surface area contributed by atoms with Gasteiger partial charge in [0.15, 0.2) is 0 Å². The van der Waals surface area contributed by atoms with Crippen LogP contribution < -0.4 is 5.32 Å². The second-order valence-electron chi connectivity index (χ2n) is 5.01. The van der Waals surface area contributed by atoms with E-state index in [1.807, 2.05) is 37.3 Å². The van der Waals surface area contributed by atoms with E-state index in [1.165, 1.54) is 0 Å². The minimum Gasteiger partial charge on any atom is -0.459 e. The van der Waals surface area contributed by atoms with Crippen molar-refractivity contribution in [3.8, 4) is 0 Å². The second kappa shape index (κ2) is 6.03. The van der Waals surface area contributed by atoms with Crippen molar-refractivity contribution in [1.29, 1.82) is 0 Å². The first kappa shape index (κ1) is 14.9. The van der Waals surface area contributed by atoms with E-state index in [1.54, 1.807) is 18.2 Å². The number of amides is 1. The van der Waals surface area contributed by atoms with Crippen molar-refractivity contribution in [3.63, 3.8) is 0 Å². The van der Waals surface area contributed by atoms with Gasteiger partial charge in [-0.1, -0.05) is 41.4 Å². The second-order valence-corrected chi connectivity index (χ2v) is 5.85. The van der Waals surface area contributed by atoms with Crippen molar-refractivity contribution in [2.24, 2.45) is 0 Å². The number of nitrogens with one attached hydrogen (secondary N) is 1. The molecule has 112 valence electrons. The van der Waals surface area contributed by atoms with Gasteiger partial charge < -0.3 is 9.73 Å². The van der Waals surface area contributed by atoms with Crippen LogP contribution in [-0.4, -0.2) is 5.91 Å². The molecule has 3 aromatic rings. The van der Waals surface area contributed by atoms with Crippen LogP contribution >= 0.6 is 23.2 Å². The number of hydrogen-bond acceptors (Lipinski definition) is 2. The summed E-state index contributed by atoms with van der Waals surface area (Å²) in [7, 11) is 0. The normalized spacial score (nSPS) is 12.3. The zero-order valence-corrected chi connectivity index (χ0v) is 13.3. The summed E-state index contributed by atoms with van der Waals surface area (Å²) in [6.07, 6.45) is 0. The van der Waals surface area contributed by atoms with E-state index in [0.717, 1.165) is 11.0 Å². The molecule has 0 radical (unpaired) electrons. The molecule has 5 heteroatoms. The van der Waals surface area contributed by atoms with Crippen LogP contribution in [0.4, 0.5) is 0 Å². The Morgan fingerprint density at radius 1 is 1.14 bits per heavy atom. The van der Waals surface area contributed by atoms with Crippen molar-refractivity contribution in [2.75, 3.05) is 0 Å². The average Bonchev–Trinajstić information content (AvgIpc) is 2.91. The average molecular weight is 334 g/mol. The van der Waals surface area contributed by atoms with Gasteiger partial charge in [-0.05, 0) is 37.3 Å². The van der Waals surface area contributed by atoms with Crippen LogP contribution in [0.3, 0.4) is 0 Å². The van der Waals surface area contributed by atoms with Gasteiger partial charge >= 0.3 is 0 Å². The van der Waals surface area contributed by atoms with Crippen LogP contribution in [0.2, 0.25) is 10.0 Å². The molecule has 0 aliphatic carbocycles. The van der Waals surface area contributed by atoms with Gasteiger partial charge in [0.1, 0.15) is 11.3 Å². The number of carbonyl (C=O) groups excluding carboxylic acids is 1. The summed E-state index contributed by atoms with van der Waals surface area (Å²) in [5, 5.41) is 4.69. The lowest BCUT2D eigenvalue weighted by Crippen LogP contribution is -2.26. The molecule has 0 bridgehead atoms. The van der Waals surface area contributed by atoms with Crippen LogP contribution in [-0.2, 0) is 0 Å². The van der Waals surface area contributed by atoms with Gasteiger partial charge in [0.2, 0.25) is 0 Å². The summed E-state index contributed by atoms with van der Waals surface area (Å²) >= 11 is 11.9. The van der Waals surface area contributed by atoms with Gasteiger partial charge in [-0.25, -0.2) is 0 Å². The first-order valence-corrected chi connectivity index (χ1v) is 7.54. The number of para-hydroxylation sites is 1. The lowest BCUT2D eigenvalue weighted by Gasteiger charge is -2.12. The Morgan fingerprint density at radius 2 is 1.91 bits per heavy atom.